The fraction of sp³-hybridized carbons (Fsp3) is 0.462. The normalized spacial score (nSPS) is 16.6. The van der Waals surface area contributed by atoms with E-state index in [9.17, 15) is 4.79 Å². The largest absolute Gasteiger partial charge is 0.444 e. The lowest BCUT2D eigenvalue weighted by Gasteiger charge is -2.17. The first-order chi connectivity index (χ1) is 9.34. The lowest BCUT2D eigenvalue weighted by atomic mass is 10.2. The van der Waals surface area contributed by atoms with Gasteiger partial charge in [0.25, 0.3) is 0 Å². The van der Waals surface area contributed by atoms with Gasteiger partial charge >= 0.3 is 6.09 Å². The Kier molecular flexibility index (Phi) is 6.00. The Labute approximate surface area is 117 Å². The summed E-state index contributed by atoms with van der Waals surface area (Å²) in [7, 11) is 0. The number of benzene rings is 1. The van der Waals surface area contributed by atoms with Gasteiger partial charge in [0, 0.05) is 31.8 Å². The van der Waals surface area contributed by atoms with Crippen molar-refractivity contribution in [3.05, 3.63) is 35.9 Å². The molecule has 0 aromatic heterocycles. The predicted molar refractivity (Wildman–Crippen MR) is 74.4 cm³/mol. The van der Waals surface area contributed by atoms with Gasteiger partial charge in [-0.2, -0.15) is 0 Å². The van der Waals surface area contributed by atoms with E-state index >= 15 is 0 Å². The Bertz CT molecular complexity index is 381. The van der Waals surface area contributed by atoms with E-state index in [-0.39, 0.29) is 6.61 Å². The molecule has 1 saturated heterocycles. The molecule has 1 aromatic carbocycles. The molecule has 0 spiro atoms. The number of carbonyl (C=O) groups is 1. The molecule has 1 aliphatic rings. The highest BCUT2D eigenvalue weighted by molar-refractivity contribution is 7.95. The molecule has 0 aliphatic carbocycles. The molecule has 0 radical (unpaired) electrons. The van der Waals surface area contributed by atoms with Crippen molar-refractivity contribution in [2.45, 2.75) is 13.0 Å². The SMILES string of the molecule is O=C(NSN1CCCOCC1)OCc1ccccc1. The zero-order chi connectivity index (χ0) is 13.3. The second kappa shape index (κ2) is 8.04. The molecule has 0 atom stereocenters. The molecule has 5 nitrogen and oxygen atoms in total. The van der Waals surface area contributed by atoms with Crippen LogP contribution >= 0.6 is 12.1 Å². The Morgan fingerprint density at radius 2 is 2.16 bits per heavy atom. The van der Waals surface area contributed by atoms with Crippen molar-refractivity contribution in [1.29, 1.82) is 0 Å². The minimum atomic E-state index is -0.418. The van der Waals surface area contributed by atoms with Crippen LogP contribution in [0, 0.1) is 0 Å². The van der Waals surface area contributed by atoms with Gasteiger partial charge in [-0.1, -0.05) is 30.3 Å². The van der Waals surface area contributed by atoms with Gasteiger partial charge in [0.15, 0.2) is 0 Å². The number of carbonyl (C=O) groups excluding carboxylic acids is 1. The molecule has 1 amide bonds. The number of ether oxygens (including phenoxy) is 2. The quantitative estimate of drug-likeness (QED) is 0.858. The van der Waals surface area contributed by atoms with E-state index < -0.39 is 6.09 Å². The first-order valence-electron chi connectivity index (χ1n) is 6.31. The summed E-state index contributed by atoms with van der Waals surface area (Å²) in [6.07, 6.45) is 0.562. The molecule has 1 aromatic rings. The third-order valence-electron chi connectivity index (χ3n) is 2.65. The molecule has 104 valence electrons. The third-order valence-corrected chi connectivity index (χ3v) is 3.53. The third kappa shape index (κ3) is 5.50. The molecule has 0 bridgehead atoms. The number of rotatable bonds is 4. The van der Waals surface area contributed by atoms with Gasteiger partial charge in [0.05, 0.1) is 6.61 Å². The molecule has 2 rings (SSSR count). The van der Waals surface area contributed by atoms with Crippen molar-refractivity contribution in [3.63, 3.8) is 0 Å². The monoisotopic (exact) mass is 282 g/mol. The van der Waals surface area contributed by atoms with Crippen molar-refractivity contribution in [1.82, 2.24) is 9.03 Å². The van der Waals surface area contributed by atoms with Crippen molar-refractivity contribution < 1.29 is 14.3 Å². The smallest absolute Gasteiger partial charge is 0.418 e. The van der Waals surface area contributed by atoms with Gasteiger partial charge < -0.3 is 9.47 Å². The molecule has 1 N–H and O–H groups in total. The zero-order valence-corrected chi connectivity index (χ0v) is 11.5. The summed E-state index contributed by atoms with van der Waals surface area (Å²) in [5.74, 6) is 0. The summed E-state index contributed by atoms with van der Waals surface area (Å²) in [6, 6.07) is 9.62. The Morgan fingerprint density at radius 1 is 1.32 bits per heavy atom. The standard InChI is InChI=1S/C13H18N2O3S/c16-13(18-11-12-5-2-1-3-6-12)14-19-15-7-4-9-17-10-8-15/h1-3,5-6H,4,7-11H2,(H,14,16). The van der Waals surface area contributed by atoms with Crippen LogP contribution in [0.4, 0.5) is 4.79 Å². The van der Waals surface area contributed by atoms with Gasteiger partial charge in [-0.05, 0) is 12.0 Å². The van der Waals surface area contributed by atoms with Crippen LogP contribution in [-0.4, -0.2) is 36.7 Å². The topological polar surface area (TPSA) is 50.8 Å². The van der Waals surface area contributed by atoms with E-state index in [0.29, 0.717) is 6.61 Å². The second-order valence-electron chi connectivity index (χ2n) is 4.15. The van der Waals surface area contributed by atoms with Crippen LogP contribution in [0.1, 0.15) is 12.0 Å². The number of amides is 1. The highest BCUT2D eigenvalue weighted by Gasteiger charge is 2.11. The van der Waals surface area contributed by atoms with Gasteiger partial charge in [-0.3, -0.25) is 4.72 Å². The van der Waals surface area contributed by atoms with Gasteiger partial charge in [0.1, 0.15) is 6.61 Å². The maximum Gasteiger partial charge on any atom is 0.418 e. The average Bonchev–Trinajstić information content (AvgIpc) is 2.73. The first kappa shape index (κ1) is 14.2. The van der Waals surface area contributed by atoms with Gasteiger partial charge in [-0.15, -0.1) is 0 Å². The highest BCUT2D eigenvalue weighted by Crippen LogP contribution is 2.09. The van der Waals surface area contributed by atoms with Crippen LogP contribution in [-0.2, 0) is 16.1 Å². The average molecular weight is 282 g/mol. The van der Waals surface area contributed by atoms with E-state index in [0.717, 1.165) is 31.7 Å². The molecule has 0 saturated carbocycles. The summed E-state index contributed by atoms with van der Waals surface area (Å²) >= 11 is 1.28. The summed E-state index contributed by atoms with van der Waals surface area (Å²) in [5.41, 5.74) is 0.978. The van der Waals surface area contributed by atoms with Gasteiger partial charge in [-0.25, -0.2) is 9.10 Å². The molecular weight excluding hydrogens is 264 g/mol. The van der Waals surface area contributed by atoms with Gasteiger partial charge in [0.2, 0.25) is 0 Å². The van der Waals surface area contributed by atoms with Crippen LogP contribution in [0.2, 0.25) is 0 Å². The highest BCUT2D eigenvalue weighted by atomic mass is 32.2. The minimum Gasteiger partial charge on any atom is -0.444 e. The zero-order valence-electron chi connectivity index (χ0n) is 10.7. The van der Waals surface area contributed by atoms with E-state index in [4.69, 9.17) is 9.47 Å². The van der Waals surface area contributed by atoms with Crippen molar-refractivity contribution in [2.75, 3.05) is 26.3 Å². The molecule has 0 unspecified atom stereocenters. The van der Waals surface area contributed by atoms with Crippen LogP contribution in [0.5, 0.6) is 0 Å². The molecule has 1 aliphatic heterocycles. The summed E-state index contributed by atoms with van der Waals surface area (Å²) in [5, 5.41) is 0. The number of hydrogen-bond donors (Lipinski definition) is 1. The first-order valence-corrected chi connectivity index (χ1v) is 7.08. The molecule has 1 heterocycles. The number of hydrogen-bond acceptors (Lipinski definition) is 5. The molecular formula is C13H18N2O3S. The lowest BCUT2D eigenvalue weighted by molar-refractivity contribution is 0.145. The van der Waals surface area contributed by atoms with Crippen molar-refractivity contribution >= 4 is 18.2 Å². The van der Waals surface area contributed by atoms with Crippen LogP contribution in [0.3, 0.4) is 0 Å². The summed E-state index contributed by atoms with van der Waals surface area (Å²) in [6.45, 7) is 3.49. The fourth-order valence-electron chi connectivity index (χ4n) is 1.67. The van der Waals surface area contributed by atoms with E-state index in [1.54, 1.807) is 0 Å². The van der Waals surface area contributed by atoms with E-state index in [1.807, 2.05) is 30.3 Å². The number of nitrogens with zero attached hydrogens (tertiary/aromatic N) is 1. The molecule has 6 heteroatoms. The Hall–Kier alpha value is -1.24. The molecule has 19 heavy (non-hydrogen) atoms. The van der Waals surface area contributed by atoms with E-state index in [1.165, 1.54) is 12.1 Å². The van der Waals surface area contributed by atoms with E-state index in [2.05, 4.69) is 9.03 Å². The lowest BCUT2D eigenvalue weighted by Crippen LogP contribution is -2.27. The van der Waals surface area contributed by atoms with Crippen LogP contribution in [0.25, 0.3) is 0 Å². The molecule has 1 fully saturated rings. The Morgan fingerprint density at radius 3 is 3.00 bits per heavy atom. The van der Waals surface area contributed by atoms with Crippen LogP contribution in [0.15, 0.2) is 30.3 Å². The van der Waals surface area contributed by atoms with Crippen LogP contribution < -0.4 is 4.72 Å². The fourth-order valence-corrected chi connectivity index (χ4v) is 2.32. The summed E-state index contributed by atoms with van der Waals surface area (Å²) in [4.78, 5) is 11.5. The Balaban J connectivity index is 1.64. The summed E-state index contributed by atoms with van der Waals surface area (Å²) < 4.78 is 15.2. The second-order valence-corrected chi connectivity index (χ2v) is 5.05. The minimum absolute atomic E-state index is 0.288. The maximum absolute atomic E-state index is 11.5. The van der Waals surface area contributed by atoms with Crippen molar-refractivity contribution in [2.24, 2.45) is 0 Å². The number of nitrogens with one attached hydrogen (secondary N) is 1. The predicted octanol–water partition coefficient (Wildman–Crippen LogP) is 2.20. The maximum atomic E-state index is 11.5. The van der Waals surface area contributed by atoms with Crippen molar-refractivity contribution in [3.8, 4) is 0 Å².